The zero-order valence-corrected chi connectivity index (χ0v) is 14.4. The molecule has 0 saturated carbocycles. The first-order valence-corrected chi connectivity index (χ1v) is 8.86. The standard InChI is InChI=1S/C21H20ClN3/c22-21-24-19(17-9-5-2-6-10-17)23-20(25-21)18-13-11-16(12-14-18)15-7-3-1-4-8-15/h1-14,19-21,23-25H. The Morgan fingerprint density at radius 3 is 1.60 bits per heavy atom. The summed E-state index contributed by atoms with van der Waals surface area (Å²) < 4.78 is 0. The van der Waals surface area contributed by atoms with Gasteiger partial charge in [-0.1, -0.05) is 96.5 Å². The molecule has 1 saturated heterocycles. The van der Waals surface area contributed by atoms with Crippen LogP contribution in [0.1, 0.15) is 23.5 Å². The van der Waals surface area contributed by atoms with E-state index in [1.165, 1.54) is 16.7 Å². The molecule has 0 amide bonds. The molecule has 126 valence electrons. The Hall–Kier alpha value is -2.17. The van der Waals surface area contributed by atoms with Gasteiger partial charge in [-0.15, -0.1) is 0 Å². The highest BCUT2D eigenvalue weighted by molar-refractivity contribution is 6.20. The number of hydrogen-bond donors (Lipinski definition) is 3. The van der Waals surface area contributed by atoms with Gasteiger partial charge in [-0.25, -0.2) is 0 Å². The van der Waals surface area contributed by atoms with E-state index in [-0.39, 0.29) is 18.0 Å². The van der Waals surface area contributed by atoms with Gasteiger partial charge in [-0.3, -0.25) is 16.0 Å². The molecule has 0 radical (unpaired) electrons. The molecule has 3 N–H and O–H groups in total. The smallest absolute Gasteiger partial charge is 0.138 e. The van der Waals surface area contributed by atoms with Crippen LogP contribution in [0.15, 0.2) is 84.9 Å². The molecular weight excluding hydrogens is 330 g/mol. The maximum absolute atomic E-state index is 6.37. The highest BCUT2D eigenvalue weighted by atomic mass is 35.5. The largest absolute Gasteiger partial charge is 0.279 e. The minimum atomic E-state index is -0.301. The molecule has 0 aliphatic carbocycles. The molecule has 1 heterocycles. The van der Waals surface area contributed by atoms with E-state index in [1.807, 2.05) is 24.3 Å². The lowest BCUT2D eigenvalue weighted by molar-refractivity contribution is 0.246. The van der Waals surface area contributed by atoms with Crippen molar-refractivity contribution in [1.82, 2.24) is 16.0 Å². The van der Waals surface area contributed by atoms with Crippen LogP contribution < -0.4 is 16.0 Å². The number of benzene rings is 3. The minimum Gasteiger partial charge on any atom is -0.279 e. The van der Waals surface area contributed by atoms with E-state index in [0.717, 1.165) is 5.56 Å². The van der Waals surface area contributed by atoms with Gasteiger partial charge in [-0.2, -0.15) is 0 Å². The van der Waals surface area contributed by atoms with Crippen LogP contribution in [0.2, 0.25) is 0 Å². The first-order chi connectivity index (χ1) is 12.3. The number of hydrogen-bond acceptors (Lipinski definition) is 3. The summed E-state index contributed by atoms with van der Waals surface area (Å²) in [5.74, 6) is 0. The van der Waals surface area contributed by atoms with E-state index in [9.17, 15) is 0 Å². The predicted molar refractivity (Wildman–Crippen MR) is 103 cm³/mol. The van der Waals surface area contributed by atoms with Gasteiger partial charge in [0, 0.05) is 0 Å². The molecule has 0 spiro atoms. The predicted octanol–water partition coefficient (Wildman–Crippen LogP) is 4.36. The molecule has 3 unspecified atom stereocenters. The normalized spacial score (nSPS) is 23.3. The van der Waals surface area contributed by atoms with Gasteiger partial charge in [0.05, 0.1) is 12.3 Å². The monoisotopic (exact) mass is 349 g/mol. The number of halogens is 1. The van der Waals surface area contributed by atoms with Crippen molar-refractivity contribution in [3.05, 3.63) is 96.1 Å². The summed E-state index contributed by atoms with van der Waals surface area (Å²) >= 11 is 6.37. The molecule has 4 heteroatoms. The van der Waals surface area contributed by atoms with Crippen LogP contribution in [0.4, 0.5) is 0 Å². The minimum absolute atomic E-state index is 0.00347. The van der Waals surface area contributed by atoms with Gasteiger partial charge in [0.25, 0.3) is 0 Å². The van der Waals surface area contributed by atoms with Crippen molar-refractivity contribution in [2.75, 3.05) is 0 Å². The van der Waals surface area contributed by atoms with Gasteiger partial charge in [0.15, 0.2) is 0 Å². The molecule has 4 rings (SSSR count). The Balaban J connectivity index is 1.54. The summed E-state index contributed by atoms with van der Waals surface area (Å²) in [5, 5.41) is 10.2. The van der Waals surface area contributed by atoms with Crippen LogP contribution in [-0.2, 0) is 0 Å². The highest BCUT2D eigenvalue weighted by Crippen LogP contribution is 2.25. The zero-order chi connectivity index (χ0) is 17.1. The zero-order valence-electron chi connectivity index (χ0n) is 13.7. The van der Waals surface area contributed by atoms with Crippen molar-refractivity contribution in [2.45, 2.75) is 18.0 Å². The van der Waals surface area contributed by atoms with E-state index in [0.29, 0.717) is 0 Å². The number of alkyl halides is 1. The van der Waals surface area contributed by atoms with Gasteiger partial charge in [-0.05, 0) is 22.3 Å². The number of nitrogens with one attached hydrogen (secondary N) is 3. The Labute approximate surface area is 153 Å². The summed E-state index contributed by atoms with van der Waals surface area (Å²) in [6.07, 6.45) is -0.0115. The summed E-state index contributed by atoms with van der Waals surface area (Å²) in [5.41, 5.74) is 4.46. The van der Waals surface area contributed by atoms with Crippen LogP contribution in [0.5, 0.6) is 0 Å². The second-order valence-corrected chi connectivity index (χ2v) is 6.56. The molecule has 3 aromatic rings. The first-order valence-electron chi connectivity index (χ1n) is 8.42. The van der Waals surface area contributed by atoms with Gasteiger partial charge in [0.1, 0.15) is 5.62 Å². The van der Waals surface area contributed by atoms with Crippen molar-refractivity contribution >= 4 is 11.6 Å². The fourth-order valence-electron chi connectivity index (χ4n) is 3.13. The Morgan fingerprint density at radius 1 is 0.520 bits per heavy atom. The second-order valence-electron chi connectivity index (χ2n) is 6.13. The molecule has 25 heavy (non-hydrogen) atoms. The van der Waals surface area contributed by atoms with Gasteiger partial charge >= 0.3 is 0 Å². The third-order valence-corrected chi connectivity index (χ3v) is 4.70. The lowest BCUT2D eigenvalue weighted by Crippen LogP contribution is -2.56. The fraction of sp³-hybridized carbons (Fsp3) is 0.143. The Kier molecular flexibility index (Phi) is 4.81. The summed E-state index contributed by atoms with van der Waals surface area (Å²) in [7, 11) is 0. The molecule has 1 aliphatic heterocycles. The first kappa shape index (κ1) is 16.3. The van der Waals surface area contributed by atoms with Crippen LogP contribution in [0.25, 0.3) is 11.1 Å². The third kappa shape index (κ3) is 3.75. The molecule has 3 nitrogen and oxygen atoms in total. The maximum Gasteiger partial charge on any atom is 0.138 e. The third-order valence-electron chi connectivity index (χ3n) is 4.44. The van der Waals surface area contributed by atoms with Crippen LogP contribution >= 0.6 is 11.6 Å². The van der Waals surface area contributed by atoms with E-state index in [2.05, 4.69) is 76.6 Å². The van der Waals surface area contributed by atoms with E-state index >= 15 is 0 Å². The Morgan fingerprint density at radius 2 is 1.00 bits per heavy atom. The molecule has 3 aromatic carbocycles. The van der Waals surface area contributed by atoms with E-state index in [1.54, 1.807) is 0 Å². The molecule has 0 aromatic heterocycles. The molecule has 1 aliphatic rings. The topological polar surface area (TPSA) is 36.1 Å². The maximum atomic E-state index is 6.37. The second kappa shape index (κ2) is 7.38. The van der Waals surface area contributed by atoms with Crippen molar-refractivity contribution < 1.29 is 0 Å². The SMILES string of the molecule is ClC1NC(c2ccccc2)NC(c2ccc(-c3ccccc3)cc2)N1. The fourth-order valence-corrected chi connectivity index (χ4v) is 3.38. The molecular formula is C21H20ClN3. The molecule has 3 atom stereocenters. The highest BCUT2D eigenvalue weighted by Gasteiger charge is 2.27. The van der Waals surface area contributed by atoms with E-state index < -0.39 is 0 Å². The Bertz CT molecular complexity index is 806. The van der Waals surface area contributed by atoms with Crippen molar-refractivity contribution in [1.29, 1.82) is 0 Å². The molecule has 1 fully saturated rings. The summed E-state index contributed by atoms with van der Waals surface area (Å²) in [6.45, 7) is 0. The van der Waals surface area contributed by atoms with Crippen molar-refractivity contribution in [3.8, 4) is 11.1 Å². The van der Waals surface area contributed by atoms with Crippen molar-refractivity contribution in [2.24, 2.45) is 0 Å². The summed E-state index contributed by atoms with van der Waals surface area (Å²) in [4.78, 5) is 0. The average molecular weight is 350 g/mol. The molecule has 0 bridgehead atoms. The van der Waals surface area contributed by atoms with Crippen LogP contribution in [-0.4, -0.2) is 5.62 Å². The van der Waals surface area contributed by atoms with E-state index in [4.69, 9.17) is 11.6 Å². The van der Waals surface area contributed by atoms with Gasteiger partial charge in [0.2, 0.25) is 0 Å². The average Bonchev–Trinajstić information content (AvgIpc) is 2.69. The van der Waals surface area contributed by atoms with Crippen LogP contribution in [0.3, 0.4) is 0 Å². The lowest BCUT2D eigenvalue weighted by Gasteiger charge is -2.36. The van der Waals surface area contributed by atoms with Crippen molar-refractivity contribution in [3.63, 3.8) is 0 Å². The van der Waals surface area contributed by atoms with Crippen LogP contribution in [0, 0.1) is 0 Å². The lowest BCUT2D eigenvalue weighted by atomic mass is 10.0. The van der Waals surface area contributed by atoms with Gasteiger partial charge < -0.3 is 0 Å². The quantitative estimate of drug-likeness (QED) is 0.486. The summed E-state index contributed by atoms with van der Waals surface area (Å²) in [6, 6.07) is 29.2. The number of rotatable bonds is 3.